The van der Waals surface area contributed by atoms with Crippen molar-refractivity contribution < 1.29 is 0 Å². The van der Waals surface area contributed by atoms with Crippen molar-refractivity contribution in [2.45, 2.75) is 25.5 Å². The minimum atomic E-state index is -0.394. The molecule has 1 heterocycles. The topological polar surface area (TPSA) is 72.8 Å². The van der Waals surface area contributed by atoms with Crippen molar-refractivity contribution in [3.05, 3.63) is 45.7 Å². The number of rotatable bonds is 6. The van der Waals surface area contributed by atoms with Gasteiger partial charge in [0.2, 0.25) is 0 Å². The number of benzene rings is 1. The van der Waals surface area contributed by atoms with Crippen molar-refractivity contribution in [2.24, 2.45) is 0 Å². The highest BCUT2D eigenvalue weighted by Gasteiger charge is 2.13. The van der Waals surface area contributed by atoms with Crippen molar-refractivity contribution in [1.82, 2.24) is 14.9 Å². The number of nitrogens with one attached hydrogen (secondary N) is 1. The molecule has 0 amide bonds. The van der Waals surface area contributed by atoms with Gasteiger partial charge in [-0.15, -0.1) is 0 Å². The molecule has 0 spiro atoms. The molecule has 23 heavy (non-hydrogen) atoms. The third-order valence-electron chi connectivity index (χ3n) is 3.73. The molecule has 0 fully saturated rings. The van der Waals surface area contributed by atoms with E-state index in [1.807, 2.05) is 36.6 Å². The number of nitriles is 1. The van der Waals surface area contributed by atoms with Crippen molar-refractivity contribution >= 4 is 11.8 Å². The maximum Gasteiger partial charge on any atom is 0.270 e. The van der Waals surface area contributed by atoms with Crippen LogP contribution in [-0.4, -0.2) is 34.2 Å². The minimum absolute atomic E-state index is 0.0549. The average Bonchev–Trinajstić information content (AvgIpc) is 2.59. The van der Waals surface area contributed by atoms with Crippen molar-refractivity contribution in [3.8, 4) is 17.3 Å². The molecule has 120 valence electrons. The van der Waals surface area contributed by atoms with Crippen LogP contribution in [-0.2, 0) is 6.54 Å². The highest BCUT2D eigenvalue weighted by atomic mass is 32.2. The van der Waals surface area contributed by atoms with Crippen LogP contribution in [0.3, 0.4) is 0 Å². The summed E-state index contributed by atoms with van der Waals surface area (Å²) in [4.78, 5) is 21.3. The highest BCUT2D eigenvalue weighted by Crippen LogP contribution is 2.22. The van der Waals surface area contributed by atoms with Crippen LogP contribution in [0.2, 0.25) is 0 Å². The molecule has 0 atom stereocenters. The second-order valence-corrected chi connectivity index (χ2v) is 5.86. The molecule has 0 radical (unpaired) electrons. The Morgan fingerprint density at radius 3 is 2.43 bits per heavy atom. The first kappa shape index (κ1) is 17.3. The van der Waals surface area contributed by atoms with E-state index >= 15 is 0 Å². The maximum atomic E-state index is 12.0. The Labute approximate surface area is 140 Å². The van der Waals surface area contributed by atoms with E-state index in [1.165, 1.54) is 17.3 Å². The highest BCUT2D eigenvalue weighted by molar-refractivity contribution is 7.98. The summed E-state index contributed by atoms with van der Waals surface area (Å²) in [5.41, 5.74) is 2.08. The van der Waals surface area contributed by atoms with Crippen LogP contribution < -0.4 is 5.56 Å². The summed E-state index contributed by atoms with van der Waals surface area (Å²) >= 11 is 1.35. The Kier molecular flexibility index (Phi) is 5.97. The summed E-state index contributed by atoms with van der Waals surface area (Å²) in [5, 5.41) is 9.75. The van der Waals surface area contributed by atoms with Crippen LogP contribution in [0.1, 0.15) is 25.0 Å². The predicted octanol–water partition coefficient (Wildman–Crippen LogP) is 2.87. The van der Waals surface area contributed by atoms with Crippen molar-refractivity contribution in [2.75, 3.05) is 19.3 Å². The molecule has 0 saturated carbocycles. The lowest BCUT2D eigenvalue weighted by Gasteiger charge is -2.18. The number of hydrogen-bond acceptors (Lipinski definition) is 5. The van der Waals surface area contributed by atoms with Gasteiger partial charge in [-0.25, -0.2) is 4.98 Å². The Bertz CT molecular complexity index is 758. The molecular formula is C17H20N4OS. The first-order valence-electron chi connectivity index (χ1n) is 7.53. The first-order chi connectivity index (χ1) is 11.1. The molecule has 2 rings (SSSR count). The van der Waals surface area contributed by atoms with Gasteiger partial charge in [0.25, 0.3) is 5.56 Å². The molecule has 2 aromatic rings. The molecule has 0 unspecified atom stereocenters. The quantitative estimate of drug-likeness (QED) is 0.652. The standard InChI is InChI=1S/C17H20N4OS/c1-4-21(5-2)11-12-6-8-13(9-7-12)15-14(10-18)16(22)20-17(19-15)23-3/h6-9H,4-5,11H2,1-3H3,(H,19,20,22). The van der Waals surface area contributed by atoms with Gasteiger partial charge in [-0.3, -0.25) is 9.69 Å². The normalized spacial score (nSPS) is 10.7. The molecule has 0 saturated heterocycles. The van der Waals surface area contributed by atoms with Gasteiger partial charge >= 0.3 is 0 Å². The molecule has 0 bridgehead atoms. The van der Waals surface area contributed by atoms with Gasteiger partial charge in [0.1, 0.15) is 11.6 Å². The fraction of sp³-hybridized carbons (Fsp3) is 0.353. The van der Waals surface area contributed by atoms with Gasteiger partial charge in [-0.2, -0.15) is 5.26 Å². The largest absolute Gasteiger partial charge is 0.300 e. The van der Waals surface area contributed by atoms with E-state index in [4.69, 9.17) is 0 Å². The summed E-state index contributed by atoms with van der Waals surface area (Å²) in [6, 6.07) is 9.85. The zero-order valence-corrected chi connectivity index (χ0v) is 14.4. The lowest BCUT2D eigenvalue weighted by molar-refractivity contribution is 0.296. The Morgan fingerprint density at radius 1 is 1.26 bits per heavy atom. The fourth-order valence-electron chi connectivity index (χ4n) is 2.34. The average molecular weight is 328 g/mol. The molecule has 5 nitrogen and oxygen atoms in total. The van der Waals surface area contributed by atoms with Crippen molar-refractivity contribution in [1.29, 1.82) is 5.26 Å². The Balaban J connectivity index is 2.38. The van der Waals surface area contributed by atoms with E-state index in [-0.39, 0.29) is 5.56 Å². The summed E-state index contributed by atoms with van der Waals surface area (Å²) in [7, 11) is 0. The summed E-state index contributed by atoms with van der Waals surface area (Å²) in [5.74, 6) is 0. The van der Waals surface area contributed by atoms with E-state index < -0.39 is 5.56 Å². The van der Waals surface area contributed by atoms with E-state index in [2.05, 4.69) is 28.7 Å². The van der Waals surface area contributed by atoms with Gasteiger partial charge in [0, 0.05) is 12.1 Å². The van der Waals surface area contributed by atoms with Crippen LogP contribution in [0, 0.1) is 11.3 Å². The minimum Gasteiger partial charge on any atom is -0.300 e. The molecule has 1 aromatic heterocycles. The second-order valence-electron chi connectivity index (χ2n) is 5.07. The molecule has 0 aliphatic carbocycles. The number of nitrogens with zero attached hydrogens (tertiary/aromatic N) is 3. The number of aromatic nitrogens is 2. The van der Waals surface area contributed by atoms with Gasteiger partial charge in [-0.1, -0.05) is 49.9 Å². The summed E-state index contributed by atoms with van der Waals surface area (Å²) in [6.07, 6.45) is 1.83. The molecule has 1 aromatic carbocycles. The Hall–Kier alpha value is -2.10. The van der Waals surface area contributed by atoms with E-state index in [0.717, 1.165) is 25.2 Å². The summed E-state index contributed by atoms with van der Waals surface area (Å²) < 4.78 is 0. The molecular weight excluding hydrogens is 308 g/mol. The van der Waals surface area contributed by atoms with Crippen LogP contribution in [0.15, 0.2) is 34.2 Å². The fourth-order valence-corrected chi connectivity index (χ4v) is 2.71. The maximum absolute atomic E-state index is 12.0. The van der Waals surface area contributed by atoms with E-state index in [0.29, 0.717) is 10.9 Å². The zero-order valence-electron chi connectivity index (χ0n) is 13.6. The Morgan fingerprint density at radius 2 is 1.91 bits per heavy atom. The third kappa shape index (κ3) is 4.01. The van der Waals surface area contributed by atoms with E-state index in [9.17, 15) is 10.1 Å². The lowest BCUT2D eigenvalue weighted by Crippen LogP contribution is -2.22. The van der Waals surface area contributed by atoms with Crippen LogP contribution in [0.5, 0.6) is 0 Å². The number of hydrogen-bond donors (Lipinski definition) is 1. The number of thioether (sulfide) groups is 1. The number of H-pyrrole nitrogens is 1. The van der Waals surface area contributed by atoms with Gasteiger partial charge in [0.15, 0.2) is 5.16 Å². The molecule has 1 N–H and O–H groups in total. The van der Waals surface area contributed by atoms with Crippen LogP contribution >= 0.6 is 11.8 Å². The summed E-state index contributed by atoms with van der Waals surface area (Å²) in [6.45, 7) is 7.17. The molecule has 0 aliphatic rings. The van der Waals surface area contributed by atoms with Crippen LogP contribution in [0.25, 0.3) is 11.3 Å². The third-order valence-corrected chi connectivity index (χ3v) is 4.31. The van der Waals surface area contributed by atoms with E-state index in [1.54, 1.807) is 0 Å². The van der Waals surface area contributed by atoms with Gasteiger partial charge < -0.3 is 4.98 Å². The number of aromatic amines is 1. The van der Waals surface area contributed by atoms with Crippen LogP contribution in [0.4, 0.5) is 0 Å². The monoisotopic (exact) mass is 328 g/mol. The molecule has 6 heteroatoms. The van der Waals surface area contributed by atoms with Gasteiger partial charge in [0.05, 0.1) is 5.69 Å². The van der Waals surface area contributed by atoms with Crippen molar-refractivity contribution in [3.63, 3.8) is 0 Å². The van der Waals surface area contributed by atoms with Gasteiger partial charge in [-0.05, 0) is 24.9 Å². The SMILES string of the molecule is CCN(CC)Cc1ccc(-c2nc(SC)[nH]c(=O)c2C#N)cc1. The lowest BCUT2D eigenvalue weighted by atomic mass is 10.1. The smallest absolute Gasteiger partial charge is 0.270 e. The zero-order chi connectivity index (χ0) is 16.8. The first-order valence-corrected chi connectivity index (χ1v) is 8.75. The predicted molar refractivity (Wildman–Crippen MR) is 93.4 cm³/mol. The second kappa shape index (κ2) is 7.95. The molecule has 0 aliphatic heterocycles.